The highest BCUT2D eigenvalue weighted by molar-refractivity contribution is 5.95. The van der Waals surface area contributed by atoms with Gasteiger partial charge in [0.1, 0.15) is 6.61 Å². The molecule has 5 amide bonds. The van der Waals surface area contributed by atoms with Gasteiger partial charge in [0.05, 0.1) is 24.7 Å². The number of ketones is 4. The third-order valence-electron chi connectivity index (χ3n) is 8.81. The number of carbonyl (C=O) groups excluding carboxylic acids is 9. The van der Waals surface area contributed by atoms with Crippen LogP contribution in [0.25, 0.3) is 11.1 Å². The van der Waals surface area contributed by atoms with Crippen LogP contribution in [0.4, 0.5) is 4.79 Å². The van der Waals surface area contributed by atoms with E-state index >= 15 is 0 Å². The Kier molecular flexibility index (Phi) is 16.0. The molecule has 0 unspecified atom stereocenters. The maximum absolute atomic E-state index is 12.6. The van der Waals surface area contributed by atoms with Crippen LogP contribution < -0.4 is 27.0 Å². The molecule has 0 saturated heterocycles. The van der Waals surface area contributed by atoms with Gasteiger partial charge in [0.25, 0.3) is 0 Å². The van der Waals surface area contributed by atoms with Crippen molar-refractivity contribution in [1.82, 2.24) is 21.3 Å². The third-order valence-corrected chi connectivity index (χ3v) is 8.81. The lowest BCUT2D eigenvalue weighted by Crippen LogP contribution is -2.42. The summed E-state index contributed by atoms with van der Waals surface area (Å²) in [5.74, 6) is -4.11. The molecule has 0 radical (unpaired) electrons. The molecule has 15 nitrogen and oxygen atoms in total. The zero-order valence-electron chi connectivity index (χ0n) is 30.2. The van der Waals surface area contributed by atoms with Crippen LogP contribution >= 0.6 is 0 Å². The number of benzene rings is 2. The van der Waals surface area contributed by atoms with E-state index in [9.17, 15) is 43.2 Å². The lowest BCUT2D eigenvalue weighted by atomic mass is 9.98. The Morgan fingerprint density at radius 2 is 1.02 bits per heavy atom. The van der Waals surface area contributed by atoms with Gasteiger partial charge in [-0.2, -0.15) is 0 Å². The van der Waals surface area contributed by atoms with Gasteiger partial charge >= 0.3 is 6.09 Å². The highest BCUT2D eigenvalue weighted by Gasteiger charge is 2.29. The third kappa shape index (κ3) is 13.4. The van der Waals surface area contributed by atoms with E-state index in [1.807, 2.05) is 48.5 Å². The number of primary amides is 1. The van der Waals surface area contributed by atoms with Crippen molar-refractivity contribution in [2.45, 2.75) is 96.2 Å². The first-order valence-electron chi connectivity index (χ1n) is 17.5. The quantitative estimate of drug-likeness (QED) is 0.118. The molecule has 1 aliphatic carbocycles. The summed E-state index contributed by atoms with van der Waals surface area (Å²) in [7, 11) is 0. The van der Waals surface area contributed by atoms with Crippen molar-refractivity contribution in [2.24, 2.45) is 5.73 Å². The molecule has 0 heterocycles. The lowest BCUT2D eigenvalue weighted by Gasteiger charge is -2.17. The summed E-state index contributed by atoms with van der Waals surface area (Å²) in [6.07, 6.45) is -2.28. The molecule has 0 bridgehead atoms. The predicted molar refractivity (Wildman–Crippen MR) is 192 cm³/mol. The van der Waals surface area contributed by atoms with Crippen molar-refractivity contribution < 1.29 is 47.9 Å². The molecule has 3 rings (SSSR count). The monoisotopic (exact) mass is 733 g/mol. The summed E-state index contributed by atoms with van der Waals surface area (Å²) < 4.78 is 5.48. The minimum absolute atomic E-state index is 0.0856. The van der Waals surface area contributed by atoms with Crippen molar-refractivity contribution in [3.8, 4) is 11.1 Å². The second kappa shape index (κ2) is 20.3. The molecule has 6 N–H and O–H groups in total. The highest BCUT2D eigenvalue weighted by atomic mass is 16.5. The van der Waals surface area contributed by atoms with E-state index in [4.69, 9.17) is 10.5 Å². The number of alkyl carbamates (subject to hydrolysis) is 1. The van der Waals surface area contributed by atoms with E-state index in [2.05, 4.69) is 21.3 Å². The molecule has 0 saturated carbocycles. The van der Waals surface area contributed by atoms with Crippen molar-refractivity contribution in [1.29, 1.82) is 0 Å². The largest absolute Gasteiger partial charge is 0.449 e. The fourth-order valence-electron chi connectivity index (χ4n) is 5.68. The van der Waals surface area contributed by atoms with Gasteiger partial charge in [-0.3, -0.25) is 38.4 Å². The normalized spacial score (nSPS) is 13.3. The Hall–Kier alpha value is -5.73. The van der Waals surface area contributed by atoms with Crippen molar-refractivity contribution in [3.05, 3.63) is 59.7 Å². The van der Waals surface area contributed by atoms with Crippen LogP contribution in [-0.2, 0) is 43.1 Å². The van der Waals surface area contributed by atoms with E-state index in [0.717, 1.165) is 22.3 Å². The van der Waals surface area contributed by atoms with Gasteiger partial charge < -0.3 is 31.7 Å². The number of Topliss-reactive ketones (excluding diaryl/α,β-unsaturated/α-hetero) is 4. The van der Waals surface area contributed by atoms with E-state index in [-0.39, 0.29) is 76.2 Å². The smallest absolute Gasteiger partial charge is 0.407 e. The average Bonchev–Trinajstić information content (AvgIpc) is 3.45. The number of nitrogens with two attached hydrogens (primary N) is 1. The van der Waals surface area contributed by atoms with Crippen LogP contribution in [0.3, 0.4) is 0 Å². The van der Waals surface area contributed by atoms with E-state index in [0.29, 0.717) is 0 Å². The Morgan fingerprint density at radius 1 is 0.585 bits per heavy atom. The minimum Gasteiger partial charge on any atom is -0.449 e. The second-order valence-electron chi connectivity index (χ2n) is 13.0. The first-order valence-corrected chi connectivity index (χ1v) is 17.5. The van der Waals surface area contributed by atoms with Crippen LogP contribution in [-0.4, -0.2) is 84.1 Å². The summed E-state index contributed by atoms with van der Waals surface area (Å²) in [5.41, 5.74) is 9.26. The molecule has 0 fully saturated rings. The summed E-state index contributed by atoms with van der Waals surface area (Å²) in [6.45, 7) is 4.17. The van der Waals surface area contributed by atoms with Crippen LogP contribution in [0.15, 0.2) is 48.5 Å². The number of ether oxygens (including phenoxy) is 1. The minimum atomic E-state index is -0.943. The SMILES string of the molecule is C[C@H](NC(=O)CCC(=O)[C@H](C)NC(=O)CCC(=O)[C@H](C)NC(=O)OCC1c2ccccc2-c2ccccc21)C(=O)CCC(=O)NCC(=O)CCC(N)=O. The number of carbonyl (C=O) groups is 9. The molecule has 2 aromatic carbocycles. The first kappa shape index (κ1) is 41.7. The van der Waals surface area contributed by atoms with Gasteiger partial charge in [-0.25, -0.2) is 4.79 Å². The fraction of sp³-hybridized carbons (Fsp3) is 0.447. The summed E-state index contributed by atoms with van der Waals surface area (Å²) >= 11 is 0. The Morgan fingerprint density at radius 3 is 1.49 bits per heavy atom. The summed E-state index contributed by atoms with van der Waals surface area (Å²) in [5, 5.41) is 9.84. The van der Waals surface area contributed by atoms with E-state index in [1.165, 1.54) is 20.8 Å². The Labute approximate surface area is 307 Å². The molecule has 53 heavy (non-hydrogen) atoms. The topological polar surface area (TPSA) is 237 Å². The number of hydrogen-bond acceptors (Lipinski definition) is 10. The molecule has 1 aliphatic rings. The van der Waals surface area contributed by atoms with Gasteiger partial charge in [-0.15, -0.1) is 0 Å². The number of amides is 5. The number of rotatable bonds is 22. The van der Waals surface area contributed by atoms with Gasteiger partial charge in [0.15, 0.2) is 23.1 Å². The molecule has 2 aromatic rings. The fourth-order valence-corrected chi connectivity index (χ4v) is 5.68. The molecular weight excluding hydrogens is 686 g/mol. The molecule has 0 aromatic heterocycles. The van der Waals surface area contributed by atoms with Gasteiger partial charge in [-0.05, 0) is 43.0 Å². The van der Waals surface area contributed by atoms with E-state index < -0.39 is 65.2 Å². The molecule has 0 spiro atoms. The molecule has 0 aliphatic heterocycles. The maximum Gasteiger partial charge on any atom is 0.407 e. The summed E-state index contributed by atoms with van der Waals surface area (Å²) in [6, 6.07) is 13.0. The highest BCUT2D eigenvalue weighted by Crippen LogP contribution is 2.44. The van der Waals surface area contributed by atoms with Gasteiger partial charge in [0.2, 0.25) is 23.6 Å². The maximum atomic E-state index is 12.6. The predicted octanol–water partition coefficient (Wildman–Crippen LogP) is 1.92. The Balaban J connectivity index is 1.29. The first-order chi connectivity index (χ1) is 25.2. The Bertz CT molecular complexity index is 1680. The number of hydrogen-bond donors (Lipinski definition) is 5. The lowest BCUT2D eigenvalue weighted by molar-refractivity contribution is -0.131. The average molecular weight is 734 g/mol. The van der Waals surface area contributed by atoms with Crippen molar-refractivity contribution in [2.75, 3.05) is 13.2 Å². The molecular formula is C38H47N5O10. The van der Waals surface area contributed by atoms with Crippen LogP contribution in [0.5, 0.6) is 0 Å². The molecule has 15 heteroatoms. The van der Waals surface area contributed by atoms with Crippen molar-refractivity contribution in [3.63, 3.8) is 0 Å². The number of nitrogens with one attached hydrogen (secondary N) is 4. The van der Waals surface area contributed by atoms with Crippen LogP contribution in [0, 0.1) is 0 Å². The van der Waals surface area contributed by atoms with Crippen molar-refractivity contribution >= 4 is 52.9 Å². The zero-order valence-corrected chi connectivity index (χ0v) is 30.2. The molecule has 3 atom stereocenters. The summed E-state index contributed by atoms with van der Waals surface area (Å²) in [4.78, 5) is 109. The van der Waals surface area contributed by atoms with Crippen LogP contribution in [0.2, 0.25) is 0 Å². The van der Waals surface area contributed by atoms with Gasteiger partial charge in [-0.1, -0.05) is 48.5 Å². The second-order valence-corrected chi connectivity index (χ2v) is 13.0. The standard InChI is InChI=1S/C38H47N5O10/c1-22(31(45)13-17-35(49)40-20-25(44)12-16-34(39)48)41-36(50)18-14-32(46)23(2)42-37(51)19-15-33(47)24(3)43-38(52)53-21-30-28-10-6-4-8-26(28)27-9-5-7-11-29(27)30/h4-11,22-24,30H,12-21H2,1-3H3,(H2,39,48)(H,40,49)(H,41,50)(H,42,51)(H,43,52)/t22-,23-,24-/m0/s1. The molecule has 284 valence electrons. The number of fused-ring (bicyclic) bond motifs is 3. The van der Waals surface area contributed by atoms with Crippen LogP contribution in [0.1, 0.15) is 89.2 Å². The van der Waals surface area contributed by atoms with Gasteiger partial charge in [0, 0.05) is 57.3 Å². The zero-order chi connectivity index (χ0) is 39.1. The van der Waals surface area contributed by atoms with E-state index in [1.54, 1.807) is 0 Å².